The molecule has 1 aliphatic rings. The molecule has 2 atom stereocenters. The molecule has 24 heavy (non-hydrogen) atoms. The van der Waals surface area contributed by atoms with E-state index in [-0.39, 0.29) is 28.8 Å². The van der Waals surface area contributed by atoms with Crippen LogP contribution in [0.3, 0.4) is 0 Å². The Balaban J connectivity index is 2.22. The van der Waals surface area contributed by atoms with Gasteiger partial charge in [0.25, 0.3) is 5.91 Å². The molecule has 0 radical (unpaired) electrons. The van der Waals surface area contributed by atoms with E-state index in [1.54, 1.807) is 6.92 Å². The summed E-state index contributed by atoms with van der Waals surface area (Å²) >= 11 is 0. The van der Waals surface area contributed by atoms with Gasteiger partial charge in [-0.3, -0.25) is 4.79 Å². The Morgan fingerprint density at radius 2 is 1.92 bits per heavy atom. The molecule has 2 unspecified atom stereocenters. The molecule has 2 N–H and O–H groups in total. The summed E-state index contributed by atoms with van der Waals surface area (Å²) in [5, 5.41) is 9.35. The van der Waals surface area contributed by atoms with Crippen molar-refractivity contribution < 1.29 is 23.1 Å². The van der Waals surface area contributed by atoms with Crippen LogP contribution in [-0.4, -0.2) is 49.4 Å². The van der Waals surface area contributed by atoms with E-state index in [9.17, 15) is 23.1 Å². The summed E-state index contributed by atoms with van der Waals surface area (Å²) in [7, 11) is -3.58. The van der Waals surface area contributed by atoms with E-state index in [2.05, 4.69) is 4.72 Å². The highest BCUT2D eigenvalue weighted by molar-refractivity contribution is 7.89. The quantitative estimate of drug-likeness (QED) is 0.830. The number of carboxylic acids is 1. The van der Waals surface area contributed by atoms with Gasteiger partial charge in [-0.1, -0.05) is 13.8 Å². The number of likely N-dealkylation sites (tertiary alicyclic amines) is 1. The summed E-state index contributed by atoms with van der Waals surface area (Å²) in [6.45, 7) is 4.31. The number of sulfonamides is 1. The van der Waals surface area contributed by atoms with Crippen molar-refractivity contribution in [1.29, 1.82) is 0 Å². The van der Waals surface area contributed by atoms with E-state index in [0.717, 1.165) is 6.42 Å². The van der Waals surface area contributed by atoms with E-state index >= 15 is 0 Å². The number of carbonyl (C=O) groups is 2. The van der Waals surface area contributed by atoms with Gasteiger partial charge in [-0.2, -0.15) is 0 Å². The lowest BCUT2D eigenvalue weighted by atomic mass is 9.92. The summed E-state index contributed by atoms with van der Waals surface area (Å²) in [5.41, 5.74) is 0.284. The van der Waals surface area contributed by atoms with E-state index < -0.39 is 22.0 Å². The summed E-state index contributed by atoms with van der Waals surface area (Å²) < 4.78 is 26.2. The number of rotatable bonds is 5. The minimum absolute atomic E-state index is 0.0722. The molecule has 1 aromatic carbocycles. The summed E-state index contributed by atoms with van der Waals surface area (Å²) in [6, 6.07) is 4.71. The Morgan fingerprint density at radius 1 is 1.29 bits per heavy atom. The maximum Gasteiger partial charge on any atom is 0.326 e. The van der Waals surface area contributed by atoms with Gasteiger partial charge in [0.15, 0.2) is 0 Å². The molecule has 1 aromatic rings. The number of carbonyl (C=O) groups excluding carboxylic acids is 1. The number of nitrogens with zero attached hydrogens (tertiary/aromatic N) is 1. The fraction of sp³-hybridized carbons (Fsp3) is 0.500. The minimum atomic E-state index is -3.58. The van der Waals surface area contributed by atoms with Gasteiger partial charge in [0, 0.05) is 18.7 Å². The molecule has 0 spiro atoms. The second-order valence-electron chi connectivity index (χ2n) is 6.01. The van der Waals surface area contributed by atoms with Crippen LogP contribution in [0.2, 0.25) is 0 Å². The lowest BCUT2D eigenvalue weighted by molar-refractivity contribution is -0.144. The van der Waals surface area contributed by atoms with Crippen LogP contribution >= 0.6 is 0 Å². The third-order valence-corrected chi connectivity index (χ3v) is 5.72. The molecule has 1 aliphatic heterocycles. The first-order chi connectivity index (χ1) is 11.3. The van der Waals surface area contributed by atoms with Crippen molar-refractivity contribution >= 4 is 21.9 Å². The number of benzene rings is 1. The normalized spacial score (nSPS) is 21.5. The van der Waals surface area contributed by atoms with Gasteiger partial charge in [0.1, 0.15) is 6.04 Å². The summed E-state index contributed by atoms with van der Waals surface area (Å²) in [4.78, 5) is 25.5. The predicted octanol–water partition coefficient (Wildman–Crippen LogP) is 1.31. The number of aliphatic carboxylic acids is 1. The average Bonchev–Trinajstić information content (AvgIpc) is 2.54. The number of piperidine rings is 1. The van der Waals surface area contributed by atoms with E-state index in [1.165, 1.54) is 29.2 Å². The SMILES string of the molecule is CCNS(=O)(=O)c1ccc(C(=O)N2CCC(C)CC2C(=O)O)cc1. The maximum absolute atomic E-state index is 12.6. The third kappa shape index (κ3) is 3.93. The first kappa shape index (κ1) is 18.4. The second kappa shape index (κ2) is 7.31. The Labute approximate surface area is 141 Å². The van der Waals surface area contributed by atoms with Crippen molar-refractivity contribution in [2.75, 3.05) is 13.1 Å². The molecule has 0 bridgehead atoms. The zero-order chi connectivity index (χ0) is 17.9. The van der Waals surface area contributed by atoms with Crippen LogP contribution < -0.4 is 4.72 Å². The van der Waals surface area contributed by atoms with Gasteiger partial charge in [0.2, 0.25) is 10.0 Å². The molecule has 1 fully saturated rings. The van der Waals surface area contributed by atoms with Crippen LogP contribution in [-0.2, 0) is 14.8 Å². The first-order valence-corrected chi connectivity index (χ1v) is 9.38. The van der Waals surface area contributed by atoms with Crippen LogP contribution in [0.5, 0.6) is 0 Å². The molecule has 1 amide bonds. The fourth-order valence-corrected chi connectivity index (χ4v) is 3.88. The molecular formula is C16H22N2O5S. The minimum Gasteiger partial charge on any atom is -0.480 e. The molecule has 0 aliphatic carbocycles. The van der Waals surface area contributed by atoms with Crippen LogP contribution in [0.25, 0.3) is 0 Å². The van der Waals surface area contributed by atoms with Gasteiger partial charge in [-0.15, -0.1) is 0 Å². The van der Waals surface area contributed by atoms with Gasteiger partial charge in [-0.25, -0.2) is 17.9 Å². The van der Waals surface area contributed by atoms with E-state index in [4.69, 9.17) is 0 Å². The third-order valence-electron chi connectivity index (χ3n) is 4.16. The molecule has 0 saturated carbocycles. The van der Waals surface area contributed by atoms with Crippen molar-refractivity contribution in [2.24, 2.45) is 5.92 Å². The predicted molar refractivity (Wildman–Crippen MR) is 88.2 cm³/mol. The number of amides is 1. The molecule has 132 valence electrons. The Hall–Kier alpha value is -1.93. The smallest absolute Gasteiger partial charge is 0.326 e. The van der Waals surface area contributed by atoms with Gasteiger partial charge >= 0.3 is 5.97 Å². The average molecular weight is 354 g/mol. The molecule has 0 aromatic heterocycles. The Morgan fingerprint density at radius 3 is 2.46 bits per heavy atom. The molecule has 8 heteroatoms. The largest absolute Gasteiger partial charge is 0.480 e. The first-order valence-electron chi connectivity index (χ1n) is 7.89. The van der Waals surface area contributed by atoms with Crippen LogP contribution in [0.15, 0.2) is 29.2 Å². The molecule has 1 saturated heterocycles. The van der Waals surface area contributed by atoms with Crippen LogP contribution in [0.4, 0.5) is 0 Å². The number of carboxylic acid groups (broad SMARTS) is 1. The number of hydrogen-bond acceptors (Lipinski definition) is 4. The summed E-state index contributed by atoms with van der Waals surface area (Å²) in [5.74, 6) is -1.15. The fourth-order valence-electron chi connectivity index (χ4n) is 2.83. The second-order valence-corrected chi connectivity index (χ2v) is 7.77. The van der Waals surface area contributed by atoms with Crippen LogP contribution in [0, 0.1) is 5.92 Å². The zero-order valence-electron chi connectivity index (χ0n) is 13.7. The van der Waals surface area contributed by atoms with E-state index in [0.29, 0.717) is 13.0 Å². The lowest BCUT2D eigenvalue weighted by Gasteiger charge is -2.36. The van der Waals surface area contributed by atoms with Gasteiger partial charge in [0.05, 0.1) is 4.90 Å². The highest BCUT2D eigenvalue weighted by atomic mass is 32.2. The van der Waals surface area contributed by atoms with Crippen molar-refractivity contribution in [3.05, 3.63) is 29.8 Å². The lowest BCUT2D eigenvalue weighted by Crippen LogP contribution is -2.49. The topological polar surface area (TPSA) is 104 Å². The Kier molecular flexibility index (Phi) is 5.61. The van der Waals surface area contributed by atoms with Crippen LogP contribution in [0.1, 0.15) is 37.0 Å². The molecular weight excluding hydrogens is 332 g/mol. The highest BCUT2D eigenvalue weighted by Gasteiger charge is 2.35. The zero-order valence-corrected chi connectivity index (χ0v) is 14.5. The molecule has 1 heterocycles. The molecule has 2 rings (SSSR count). The van der Waals surface area contributed by atoms with Crippen molar-refractivity contribution in [2.45, 2.75) is 37.6 Å². The van der Waals surface area contributed by atoms with Crippen molar-refractivity contribution in [3.63, 3.8) is 0 Å². The number of hydrogen-bond donors (Lipinski definition) is 2. The summed E-state index contributed by atoms with van der Waals surface area (Å²) in [6.07, 6.45) is 1.18. The van der Waals surface area contributed by atoms with Gasteiger partial charge < -0.3 is 10.0 Å². The van der Waals surface area contributed by atoms with Crippen molar-refractivity contribution in [3.8, 4) is 0 Å². The highest BCUT2D eigenvalue weighted by Crippen LogP contribution is 2.24. The van der Waals surface area contributed by atoms with Gasteiger partial charge in [-0.05, 0) is 43.0 Å². The standard InChI is InChI=1S/C16H22N2O5S/c1-3-17-24(22,23)13-6-4-12(5-7-13)15(19)18-9-8-11(2)10-14(18)16(20)21/h4-7,11,14,17H,3,8-10H2,1-2H3,(H,20,21). The molecule has 7 nitrogen and oxygen atoms in total. The Bertz CT molecular complexity index is 714. The van der Waals surface area contributed by atoms with E-state index in [1.807, 2.05) is 6.92 Å². The number of nitrogens with one attached hydrogen (secondary N) is 1. The van der Waals surface area contributed by atoms with Crippen molar-refractivity contribution in [1.82, 2.24) is 9.62 Å². The maximum atomic E-state index is 12.6. The monoisotopic (exact) mass is 354 g/mol.